The molecule has 0 aromatic carbocycles. The van der Waals surface area contributed by atoms with Crippen LogP contribution in [0.1, 0.15) is 46.5 Å². The second kappa shape index (κ2) is 6.78. The molecular weight excluding hydrogens is 310 g/mol. The summed E-state index contributed by atoms with van der Waals surface area (Å²) in [6.45, 7) is 8.99. The lowest BCUT2D eigenvalue weighted by atomic mass is 9.87. The van der Waals surface area contributed by atoms with E-state index < -0.39 is 0 Å². The molecule has 2 atom stereocenters. The molecule has 3 saturated heterocycles. The number of alkyl carbamates (subject to hydrolysis) is 1. The molecule has 0 bridgehead atoms. The molecule has 1 spiro atoms. The molecule has 3 rings (SSSR count). The summed E-state index contributed by atoms with van der Waals surface area (Å²) >= 11 is 0. The molecule has 24 heavy (non-hydrogen) atoms. The van der Waals surface area contributed by atoms with E-state index in [9.17, 15) is 9.59 Å². The van der Waals surface area contributed by atoms with Crippen LogP contribution in [0.2, 0.25) is 0 Å². The van der Waals surface area contributed by atoms with Crippen LogP contribution < -0.4 is 5.32 Å². The highest BCUT2D eigenvalue weighted by atomic mass is 16.6. The van der Waals surface area contributed by atoms with E-state index in [0.29, 0.717) is 19.2 Å². The summed E-state index contributed by atoms with van der Waals surface area (Å²) < 4.78 is 10.7. The third-order valence-corrected chi connectivity index (χ3v) is 5.74. The number of hydrogen-bond acceptors (Lipinski definition) is 5. The van der Waals surface area contributed by atoms with Crippen molar-refractivity contribution in [2.45, 2.75) is 70.2 Å². The van der Waals surface area contributed by atoms with Crippen molar-refractivity contribution in [1.82, 2.24) is 15.1 Å². The molecular formula is C17H29N3O4. The van der Waals surface area contributed by atoms with E-state index in [1.54, 1.807) is 0 Å². The van der Waals surface area contributed by atoms with E-state index in [1.807, 2.05) is 11.8 Å². The molecule has 1 N–H and O–H groups in total. The van der Waals surface area contributed by atoms with E-state index >= 15 is 0 Å². The molecule has 0 aromatic heterocycles. The number of likely N-dealkylation sites (tertiary alicyclic amines) is 2. The van der Waals surface area contributed by atoms with Crippen molar-refractivity contribution >= 4 is 12.2 Å². The molecule has 7 nitrogen and oxygen atoms in total. The highest BCUT2D eigenvalue weighted by Crippen LogP contribution is 2.34. The van der Waals surface area contributed by atoms with Crippen LogP contribution >= 0.6 is 0 Å². The highest BCUT2D eigenvalue weighted by molar-refractivity contribution is 5.70. The lowest BCUT2D eigenvalue weighted by Gasteiger charge is -2.48. The second-order valence-corrected chi connectivity index (χ2v) is 7.39. The van der Waals surface area contributed by atoms with Crippen molar-refractivity contribution in [3.8, 4) is 0 Å². The Kier molecular flexibility index (Phi) is 4.90. The van der Waals surface area contributed by atoms with Crippen molar-refractivity contribution in [3.63, 3.8) is 0 Å². The molecule has 136 valence electrons. The van der Waals surface area contributed by atoms with Crippen LogP contribution in [-0.2, 0) is 9.47 Å². The minimum absolute atomic E-state index is 0.180. The molecule has 2 amide bonds. The third kappa shape index (κ3) is 3.31. The average Bonchev–Trinajstić information content (AvgIpc) is 2.88. The number of ether oxygens (including phenoxy) is 2. The quantitative estimate of drug-likeness (QED) is 0.833. The van der Waals surface area contributed by atoms with Gasteiger partial charge in [-0.1, -0.05) is 0 Å². The molecule has 0 saturated carbocycles. The predicted octanol–water partition coefficient (Wildman–Crippen LogP) is 1.96. The fourth-order valence-corrected chi connectivity index (χ4v) is 4.48. The van der Waals surface area contributed by atoms with E-state index in [0.717, 1.165) is 38.8 Å². The number of nitrogens with one attached hydrogen (secondary N) is 1. The maximum Gasteiger partial charge on any atom is 0.410 e. The molecule has 0 aliphatic carbocycles. The standard InChI is InChI=1S/C17H29N3O4/c1-4-23-16(22)20-12(2)9-14(10-13(20)3)19-7-5-17(6-8-19)11-18-15(21)24-17/h12-14H,4-11H2,1-3H3,(H,18,21). The summed E-state index contributed by atoms with van der Waals surface area (Å²) in [4.78, 5) is 27.9. The van der Waals surface area contributed by atoms with Crippen molar-refractivity contribution in [2.24, 2.45) is 0 Å². The zero-order valence-corrected chi connectivity index (χ0v) is 14.9. The first-order valence-electron chi connectivity index (χ1n) is 9.10. The fraction of sp³-hybridized carbons (Fsp3) is 0.882. The molecule has 0 aromatic rings. The van der Waals surface area contributed by atoms with Crippen LogP contribution in [0.4, 0.5) is 9.59 Å². The van der Waals surface area contributed by atoms with E-state index in [2.05, 4.69) is 24.1 Å². The molecule has 2 unspecified atom stereocenters. The summed E-state index contributed by atoms with van der Waals surface area (Å²) in [6, 6.07) is 0.836. The van der Waals surface area contributed by atoms with Crippen molar-refractivity contribution in [1.29, 1.82) is 0 Å². The van der Waals surface area contributed by atoms with Crippen molar-refractivity contribution in [3.05, 3.63) is 0 Å². The number of carbonyl (C=O) groups is 2. The van der Waals surface area contributed by atoms with Gasteiger partial charge in [0.15, 0.2) is 0 Å². The molecule has 0 radical (unpaired) electrons. The fourth-order valence-electron chi connectivity index (χ4n) is 4.48. The SMILES string of the molecule is CCOC(=O)N1C(C)CC(N2CCC3(CC2)CNC(=O)O3)CC1C. The zero-order valence-electron chi connectivity index (χ0n) is 14.9. The van der Waals surface area contributed by atoms with Gasteiger partial charge in [-0.25, -0.2) is 9.59 Å². The monoisotopic (exact) mass is 339 g/mol. The Labute approximate surface area is 143 Å². The Morgan fingerprint density at radius 2 is 1.92 bits per heavy atom. The van der Waals surface area contributed by atoms with Gasteiger partial charge in [0.1, 0.15) is 5.60 Å². The number of amides is 2. The zero-order chi connectivity index (χ0) is 17.3. The van der Waals surface area contributed by atoms with Crippen LogP contribution in [0.15, 0.2) is 0 Å². The Morgan fingerprint density at radius 1 is 1.29 bits per heavy atom. The van der Waals surface area contributed by atoms with Gasteiger partial charge in [-0.3, -0.25) is 4.90 Å². The maximum atomic E-state index is 12.1. The molecule has 7 heteroatoms. The number of rotatable bonds is 2. The van der Waals surface area contributed by atoms with Gasteiger partial charge in [-0.2, -0.15) is 0 Å². The Morgan fingerprint density at radius 3 is 2.42 bits per heavy atom. The van der Waals surface area contributed by atoms with Crippen molar-refractivity contribution < 1.29 is 19.1 Å². The summed E-state index contributed by atoms with van der Waals surface area (Å²) in [5.74, 6) is 0. The van der Waals surface area contributed by atoms with Crippen molar-refractivity contribution in [2.75, 3.05) is 26.2 Å². The second-order valence-electron chi connectivity index (χ2n) is 7.39. The summed E-state index contributed by atoms with van der Waals surface area (Å²) in [7, 11) is 0. The number of nitrogens with zero attached hydrogens (tertiary/aromatic N) is 2. The number of hydrogen-bond donors (Lipinski definition) is 1. The van der Waals surface area contributed by atoms with Crippen LogP contribution in [0.3, 0.4) is 0 Å². The predicted molar refractivity (Wildman–Crippen MR) is 88.8 cm³/mol. The average molecular weight is 339 g/mol. The van der Waals surface area contributed by atoms with Gasteiger partial charge >= 0.3 is 12.2 Å². The van der Waals surface area contributed by atoms with Gasteiger partial charge < -0.3 is 19.7 Å². The van der Waals surface area contributed by atoms with E-state index in [4.69, 9.17) is 9.47 Å². The first kappa shape index (κ1) is 17.3. The first-order chi connectivity index (χ1) is 11.4. The highest BCUT2D eigenvalue weighted by Gasteiger charge is 2.45. The topological polar surface area (TPSA) is 71.1 Å². The summed E-state index contributed by atoms with van der Waals surface area (Å²) in [5.41, 5.74) is -0.295. The van der Waals surface area contributed by atoms with Gasteiger partial charge in [0.2, 0.25) is 0 Å². The van der Waals surface area contributed by atoms with Gasteiger partial charge in [-0.05, 0) is 33.6 Å². The Bertz CT molecular complexity index is 478. The van der Waals surface area contributed by atoms with Crippen LogP contribution in [0.5, 0.6) is 0 Å². The van der Waals surface area contributed by atoms with Gasteiger partial charge in [0, 0.05) is 44.1 Å². The lowest BCUT2D eigenvalue weighted by Crippen LogP contribution is -2.57. The third-order valence-electron chi connectivity index (χ3n) is 5.74. The molecule has 3 aliphatic heterocycles. The van der Waals surface area contributed by atoms with Crippen LogP contribution in [-0.4, -0.2) is 72.0 Å². The minimum atomic E-state index is -0.295. The first-order valence-corrected chi connectivity index (χ1v) is 9.10. The Hall–Kier alpha value is -1.50. The largest absolute Gasteiger partial charge is 0.450 e. The summed E-state index contributed by atoms with van der Waals surface area (Å²) in [6.07, 6.45) is 3.22. The Balaban J connectivity index is 1.56. The van der Waals surface area contributed by atoms with Gasteiger partial charge in [0.25, 0.3) is 0 Å². The normalized spacial score (nSPS) is 33.2. The van der Waals surface area contributed by atoms with Gasteiger partial charge in [0.05, 0.1) is 13.2 Å². The van der Waals surface area contributed by atoms with E-state index in [-0.39, 0.29) is 29.9 Å². The molecule has 3 fully saturated rings. The van der Waals surface area contributed by atoms with Gasteiger partial charge in [-0.15, -0.1) is 0 Å². The lowest BCUT2D eigenvalue weighted by molar-refractivity contribution is -0.0295. The molecule has 3 aliphatic rings. The maximum absolute atomic E-state index is 12.1. The number of piperidine rings is 2. The van der Waals surface area contributed by atoms with Crippen LogP contribution in [0.25, 0.3) is 0 Å². The minimum Gasteiger partial charge on any atom is -0.450 e. The van der Waals surface area contributed by atoms with E-state index in [1.165, 1.54) is 0 Å². The smallest absolute Gasteiger partial charge is 0.410 e. The van der Waals surface area contributed by atoms with Crippen LogP contribution in [0, 0.1) is 0 Å². The summed E-state index contributed by atoms with van der Waals surface area (Å²) in [5, 5.41) is 2.78. The molecule has 3 heterocycles. The number of carbonyl (C=O) groups excluding carboxylic acids is 2.